The van der Waals surface area contributed by atoms with Gasteiger partial charge < -0.3 is 23.5 Å². The van der Waals surface area contributed by atoms with Crippen molar-refractivity contribution in [3.8, 4) is 0 Å². The Labute approximate surface area is 118 Å². The quantitative estimate of drug-likeness (QED) is 0.645. The average Bonchev–Trinajstić information content (AvgIpc) is 2.29. The van der Waals surface area contributed by atoms with E-state index in [4.69, 9.17) is 8.54 Å². The molecule has 5 nitrogen and oxygen atoms in total. The van der Waals surface area contributed by atoms with E-state index in [0.717, 1.165) is 12.8 Å². The van der Waals surface area contributed by atoms with Gasteiger partial charge in [0.2, 0.25) is 0 Å². The summed E-state index contributed by atoms with van der Waals surface area (Å²) in [6.07, 6.45) is 1.68. The summed E-state index contributed by atoms with van der Waals surface area (Å²) in [6, 6.07) is 0.529. The predicted octanol–water partition coefficient (Wildman–Crippen LogP) is 1.33. The summed E-state index contributed by atoms with van der Waals surface area (Å²) >= 11 is 0. The smallest absolute Gasteiger partial charge is 0.416 e. The molecule has 4 unspecified atom stereocenters. The number of aliphatic hydroxyl groups is 2. The zero-order valence-corrected chi connectivity index (χ0v) is 14.4. The normalized spacial score (nSPS) is 32.1. The molecule has 0 aromatic heterocycles. The molecule has 0 bridgehead atoms. The lowest BCUT2D eigenvalue weighted by molar-refractivity contribution is -0.0262. The van der Waals surface area contributed by atoms with Gasteiger partial charge in [-0.2, -0.15) is 0 Å². The predicted molar refractivity (Wildman–Crippen MR) is 78.2 cm³/mol. The van der Waals surface area contributed by atoms with Gasteiger partial charge >= 0.3 is 8.80 Å². The SMILES string of the molecule is CO[Si](O)(CCC1CCC(O)C(O)C1)O[Si](C)(C)C. The fourth-order valence-electron chi connectivity index (χ4n) is 2.54. The Hall–Kier alpha value is 0.234. The average molecular weight is 309 g/mol. The molecule has 0 saturated heterocycles. The third-order valence-corrected chi connectivity index (χ3v) is 8.83. The van der Waals surface area contributed by atoms with Gasteiger partial charge in [0, 0.05) is 13.2 Å². The second-order valence-electron chi connectivity index (χ2n) is 6.48. The van der Waals surface area contributed by atoms with Crippen LogP contribution < -0.4 is 0 Å². The van der Waals surface area contributed by atoms with Gasteiger partial charge in [0.1, 0.15) is 0 Å². The van der Waals surface area contributed by atoms with Crippen LogP contribution in [-0.4, -0.2) is 51.4 Å². The molecule has 0 aromatic carbocycles. The van der Waals surface area contributed by atoms with Gasteiger partial charge in [-0.3, -0.25) is 0 Å². The van der Waals surface area contributed by atoms with Crippen molar-refractivity contribution in [1.82, 2.24) is 0 Å². The third kappa shape index (κ3) is 6.03. The fourth-order valence-corrected chi connectivity index (χ4v) is 8.08. The molecule has 7 heteroatoms. The monoisotopic (exact) mass is 308 g/mol. The van der Waals surface area contributed by atoms with E-state index >= 15 is 0 Å². The van der Waals surface area contributed by atoms with Crippen molar-refractivity contribution in [1.29, 1.82) is 0 Å². The lowest BCUT2D eigenvalue weighted by Gasteiger charge is -2.33. The van der Waals surface area contributed by atoms with E-state index in [1.807, 2.05) is 19.6 Å². The van der Waals surface area contributed by atoms with E-state index in [1.165, 1.54) is 7.11 Å². The van der Waals surface area contributed by atoms with E-state index in [9.17, 15) is 15.0 Å². The van der Waals surface area contributed by atoms with Crippen molar-refractivity contribution in [3.63, 3.8) is 0 Å². The Kier molecular flexibility index (Phi) is 6.18. The molecule has 0 amide bonds. The first-order valence-corrected chi connectivity index (χ1v) is 12.4. The van der Waals surface area contributed by atoms with Gasteiger partial charge in [-0.15, -0.1) is 0 Å². The van der Waals surface area contributed by atoms with Gasteiger partial charge in [-0.05, 0) is 51.2 Å². The van der Waals surface area contributed by atoms with Crippen molar-refractivity contribution >= 4 is 17.1 Å². The van der Waals surface area contributed by atoms with Crippen LogP contribution in [0.5, 0.6) is 0 Å². The highest BCUT2D eigenvalue weighted by Gasteiger charge is 2.41. The van der Waals surface area contributed by atoms with Crippen LogP contribution in [0.15, 0.2) is 0 Å². The van der Waals surface area contributed by atoms with Crippen molar-refractivity contribution in [2.24, 2.45) is 5.92 Å². The van der Waals surface area contributed by atoms with E-state index in [1.54, 1.807) is 0 Å². The van der Waals surface area contributed by atoms with E-state index in [2.05, 4.69) is 0 Å². The largest absolute Gasteiger partial charge is 0.487 e. The molecule has 0 radical (unpaired) electrons. The zero-order valence-electron chi connectivity index (χ0n) is 12.4. The molecule has 114 valence electrons. The molecule has 0 aromatic rings. The second kappa shape index (κ2) is 6.79. The summed E-state index contributed by atoms with van der Waals surface area (Å²) in [5.41, 5.74) is 0. The minimum atomic E-state index is -3.06. The minimum Gasteiger partial charge on any atom is -0.416 e. The summed E-state index contributed by atoms with van der Waals surface area (Å²) in [4.78, 5) is 10.4. The topological polar surface area (TPSA) is 79.2 Å². The van der Waals surface area contributed by atoms with Crippen molar-refractivity contribution in [3.05, 3.63) is 0 Å². The Morgan fingerprint density at radius 2 is 1.74 bits per heavy atom. The first-order chi connectivity index (χ1) is 8.65. The standard InChI is InChI=1S/C12H28O5Si2/c1-16-19(15,17-18(2,3)4)8-7-10-5-6-11(13)12(14)9-10/h10-15H,5-9H2,1-4H3. The van der Waals surface area contributed by atoms with Crippen LogP contribution in [0.1, 0.15) is 25.7 Å². The first kappa shape index (κ1) is 17.3. The van der Waals surface area contributed by atoms with E-state index in [-0.39, 0.29) is 0 Å². The van der Waals surface area contributed by atoms with Crippen LogP contribution in [0.2, 0.25) is 25.7 Å². The number of aliphatic hydroxyl groups excluding tert-OH is 2. The Bertz CT molecular complexity index is 284. The molecule has 1 fully saturated rings. The lowest BCUT2D eigenvalue weighted by atomic mass is 9.84. The molecule has 1 aliphatic carbocycles. The van der Waals surface area contributed by atoms with Gasteiger partial charge in [0.05, 0.1) is 12.2 Å². The van der Waals surface area contributed by atoms with Crippen LogP contribution in [0.4, 0.5) is 0 Å². The van der Waals surface area contributed by atoms with Crippen molar-refractivity contribution in [2.75, 3.05) is 7.11 Å². The second-order valence-corrected chi connectivity index (χ2v) is 13.9. The number of rotatable bonds is 6. The number of hydrogen-bond acceptors (Lipinski definition) is 5. The molecular weight excluding hydrogens is 280 g/mol. The van der Waals surface area contributed by atoms with Crippen LogP contribution in [0.3, 0.4) is 0 Å². The third-order valence-electron chi connectivity index (χ3n) is 3.54. The van der Waals surface area contributed by atoms with Gasteiger partial charge in [-0.25, -0.2) is 0 Å². The van der Waals surface area contributed by atoms with Gasteiger partial charge in [0.15, 0.2) is 8.32 Å². The molecule has 1 rings (SSSR count). The Morgan fingerprint density at radius 3 is 2.21 bits per heavy atom. The van der Waals surface area contributed by atoms with E-state index < -0.39 is 29.3 Å². The molecule has 1 aliphatic rings. The highest BCUT2D eigenvalue weighted by Crippen LogP contribution is 2.30. The molecular formula is C12H28O5Si2. The molecule has 19 heavy (non-hydrogen) atoms. The molecule has 0 spiro atoms. The molecule has 1 saturated carbocycles. The molecule has 3 N–H and O–H groups in total. The molecule has 4 atom stereocenters. The summed E-state index contributed by atoms with van der Waals surface area (Å²) < 4.78 is 11.1. The summed E-state index contributed by atoms with van der Waals surface area (Å²) in [6.45, 7) is 6.10. The summed E-state index contributed by atoms with van der Waals surface area (Å²) in [5, 5.41) is 19.2. The Balaban J connectivity index is 2.45. The van der Waals surface area contributed by atoms with Gasteiger partial charge in [-0.1, -0.05) is 0 Å². The maximum atomic E-state index is 10.4. The van der Waals surface area contributed by atoms with Gasteiger partial charge in [0.25, 0.3) is 0 Å². The molecule has 0 heterocycles. The van der Waals surface area contributed by atoms with Crippen LogP contribution in [0, 0.1) is 5.92 Å². The van der Waals surface area contributed by atoms with Crippen molar-refractivity contribution in [2.45, 2.75) is 63.6 Å². The molecule has 0 aliphatic heterocycles. The zero-order chi connectivity index (χ0) is 14.7. The summed E-state index contributed by atoms with van der Waals surface area (Å²) in [5.74, 6) is 0.331. The van der Waals surface area contributed by atoms with Crippen LogP contribution in [-0.2, 0) is 8.54 Å². The minimum absolute atomic E-state index is 0.331. The number of hydrogen-bond donors (Lipinski definition) is 3. The van der Waals surface area contributed by atoms with Crippen LogP contribution in [0.25, 0.3) is 0 Å². The fraction of sp³-hybridized carbons (Fsp3) is 1.00. The lowest BCUT2D eigenvalue weighted by Crippen LogP contribution is -2.49. The maximum absolute atomic E-state index is 10.4. The highest BCUT2D eigenvalue weighted by atomic mass is 28.5. The van der Waals surface area contributed by atoms with E-state index in [0.29, 0.717) is 24.8 Å². The maximum Gasteiger partial charge on any atom is 0.487 e. The summed E-state index contributed by atoms with van der Waals surface area (Å²) in [7, 11) is -3.39. The Morgan fingerprint density at radius 1 is 1.11 bits per heavy atom. The van der Waals surface area contributed by atoms with Crippen LogP contribution >= 0.6 is 0 Å². The first-order valence-electron chi connectivity index (χ1n) is 6.99. The highest BCUT2D eigenvalue weighted by molar-refractivity contribution is 6.79. The van der Waals surface area contributed by atoms with Crippen molar-refractivity contribution < 1.29 is 23.5 Å².